The van der Waals surface area contributed by atoms with Crippen LogP contribution in [0.3, 0.4) is 0 Å². The minimum Gasteiger partial charge on any atom is -0.465 e. The van der Waals surface area contributed by atoms with Crippen molar-refractivity contribution < 1.29 is 27.4 Å². The number of ether oxygens (including phenoxy) is 2. The van der Waals surface area contributed by atoms with Gasteiger partial charge in [0.2, 0.25) is 0 Å². The van der Waals surface area contributed by atoms with E-state index in [1.54, 1.807) is 6.07 Å². The first-order chi connectivity index (χ1) is 8.82. The highest BCUT2D eigenvalue weighted by atomic mass is 19.4. The number of hydrogen-bond acceptors (Lipinski definition) is 5. The van der Waals surface area contributed by atoms with Crippen molar-refractivity contribution in [2.45, 2.75) is 12.9 Å². The maximum Gasteiger partial charge on any atom is 0.573 e. The Morgan fingerprint density at radius 2 is 2.11 bits per heavy atom. The van der Waals surface area contributed by atoms with Crippen LogP contribution >= 0.6 is 0 Å². The molecule has 5 nitrogen and oxygen atoms in total. The molecular weight excluding hydrogens is 265 g/mol. The third-order valence-corrected chi connectivity index (χ3v) is 2.19. The van der Waals surface area contributed by atoms with E-state index in [-0.39, 0.29) is 23.2 Å². The molecule has 0 heterocycles. The summed E-state index contributed by atoms with van der Waals surface area (Å²) < 4.78 is 44.5. The maximum absolute atomic E-state index is 12.1. The van der Waals surface area contributed by atoms with E-state index in [2.05, 4.69) is 9.47 Å². The number of alkyl halides is 3. The second kappa shape index (κ2) is 5.58. The molecule has 102 valence electrons. The van der Waals surface area contributed by atoms with Crippen LogP contribution in [0.4, 0.5) is 13.2 Å². The van der Waals surface area contributed by atoms with E-state index in [4.69, 9.17) is 11.0 Å². The minimum atomic E-state index is -4.93. The Bertz CT molecular complexity index is 535. The van der Waals surface area contributed by atoms with Gasteiger partial charge in [-0.3, -0.25) is 0 Å². The van der Waals surface area contributed by atoms with Crippen molar-refractivity contribution in [3.05, 3.63) is 28.8 Å². The first-order valence-electron chi connectivity index (χ1n) is 4.93. The Morgan fingerprint density at radius 3 is 2.53 bits per heavy atom. The summed E-state index contributed by atoms with van der Waals surface area (Å²) >= 11 is 0. The molecule has 1 aromatic carbocycles. The van der Waals surface area contributed by atoms with Gasteiger partial charge in [0.05, 0.1) is 24.3 Å². The fourth-order valence-electron chi connectivity index (χ4n) is 1.45. The van der Waals surface area contributed by atoms with Gasteiger partial charge in [0, 0.05) is 6.54 Å². The Hall–Kier alpha value is -2.27. The van der Waals surface area contributed by atoms with Gasteiger partial charge >= 0.3 is 12.3 Å². The first-order valence-corrected chi connectivity index (χ1v) is 4.93. The van der Waals surface area contributed by atoms with Crippen LogP contribution in [0.2, 0.25) is 0 Å². The van der Waals surface area contributed by atoms with E-state index in [0.29, 0.717) is 0 Å². The maximum atomic E-state index is 12.1. The number of methoxy groups -OCH3 is 1. The lowest BCUT2D eigenvalue weighted by Gasteiger charge is -2.13. The number of nitriles is 1. The van der Waals surface area contributed by atoms with Gasteiger partial charge in [0.15, 0.2) is 0 Å². The third kappa shape index (κ3) is 3.59. The highest BCUT2D eigenvalue weighted by molar-refractivity contribution is 5.92. The second-order valence-electron chi connectivity index (χ2n) is 3.35. The number of carbonyl (C=O) groups excluding carboxylic acids is 1. The number of carbonyl (C=O) groups is 1. The van der Waals surface area contributed by atoms with Gasteiger partial charge in [-0.2, -0.15) is 5.26 Å². The average Bonchev–Trinajstić information content (AvgIpc) is 2.34. The molecule has 0 aliphatic heterocycles. The zero-order chi connectivity index (χ0) is 14.6. The quantitative estimate of drug-likeness (QED) is 0.848. The lowest BCUT2D eigenvalue weighted by atomic mass is 10.0. The highest BCUT2D eigenvalue weighted by Crippen LogP contribution is 2.28. The van der Waals surface area contributed by atoms with Gasteiger partial charge in [0.25, 0.3) is 0 Å². The van der Waals surface area contributed by atoms with Crippen molar-refractivity contribution >= 4 is 5.97 Å². The van der Waals surface area contributed by atoms with Gasteiger partial charge in [-0.25, -0.2) is 4.79 Å². The Kier molecular flexibility index (Phi) is 4.34. The van der Waals surface area contributed by atoms with E-state index in [1.165, 1.54) is 0 Å². The molecule has 0 aliphatic carbocycles. The number of nitrogens with two attached hydrogens (primary N) is 1. The molecule has 1 rings (SSSR count). The minimum absolute atomic E-state index is 0.101. The number of halogens is 3. The summed E-state index contributed by atoms with van der Waals surface area (Å²) in [5, 5.41) is 8.86. The van der Waals surface area contributed by atoms with Crippen LogP contribution in [-0.4, -0.2) is 19.4 Å². The van der Waals surface area contributed by atoms with Gasteiger partial charge in [-0.05, 0) is 17.7 Å². The lowest BCUT2D eigenvalue weighted by Crippen LogP contribution is -2.18. The van der Waals surface area contributed by atoms with Crippen molar-refractivity contribution in [2.75, 3.05) is 7.11 Å². The molecule has 0 aliphatic rings. The van der Waals surface area contributed by atoms with Crippen LogP contribution in [0, 0.1) is 11.3 Å². The summed E-state index contributed by atoms with van der Waals surface area (Å²) in [7, 11) is 1.06. The Balaban J connectivity index is 3.39. The monoisotopic (exact) mass is 274 g/mol. The number of rotatable bonds is 3. The summed E-state index contributed by atoms with van der Waals surface area (Å²) in [6, 6.07) is 3.36. The van der Waals surface area contributed by atoms with E-state index < -0.39 is 18.1 Å². The molecule has 2 N–H and O–H groups in total. The van der Waals surface area contributed by atoms with Crippen LogP contribution in [-0.2, 0) is 11.3 Å². The van der Waals surface area contributed by atoms with Crippen molar-refractivity contribution in [3.63, 3.8) is 0 Å². The molecule has 8 heteroatoms. The molecule has 0 fully saturated rings. The summed E-state index contributed by atoms with van der Waals surface area (Å²) in [5.74, 6) is -1.58. The van der Waals surface area contributed by atoms with E-state index >= 15 is 0 Å². The molecule has 0 saturated heterocycles. The molecule has 0 aromatic heterocycles. The van der Waals surface area contributed by atoms with Crippen molar-refractivity contribution in [1.82, 2.24) is 0 Å². The fourth-order valence-corrected chi connectivity index (χ4v) is 1.45. The summed E-state index contributed by atoms with van der Waals surface area (Å²) in [6.45, 7) is -0.195. The number of benzene rings is 1. The zero-order valence-electron chi connectivity index (χ0n) is 9.75. The molecule has 0 saturated carbocycles. The molecule has 19 heavy (non-hydrogen) atoms. The topological polar surface area (TPSA) is 85.3 Å². The van der Waals surface area contributed by atoms with E-state index in [1.807, 2.05) is 0 Å². The highest BCUT2D eigenvalue weighted by Gasteiger charge is 2.32. The van der Waals surface area contributed by atoms with E-state index in [0.717, 1.165) is 19.2 Å². The molecule has 0 radical (unpaired) electrons. The molecule has 0 atom stereocenters. The molecular formula is C11H9F3N2O3. The lowest BCUT2D eigenvalue weighted by molar-refractivity contribution is -0.274. The predicted molar refractivity (Wildman–Crippen MR) is 57.1 cm³/mol. The SMILES string of the molecule is COC(=O)c1cc(OC(F)(F)F)cc(C#N)c1CN. The van der Waals surface area contributed by atoms with Crippen LogP contribution < -0.4 is 10.5 Å². The molecule has 0 amide bonds. The number of esters is 1. The predicted octanol–water partition coefficient (Wildman–Crippen LogP) is 1.70. The van der Waals surface area contributed by atoms with Gasteiger partial charge in [-0.15, -0.1) is 13.2 Å². The van der Waals surface area contributed by atoms with Crippen LogP contribution in [0.5, 0.6) is 5.75 Å². The first kappa shape index (κ1) is 14.8. The van der Waals surface area contributed by atoms with Crippen molar-refractivity contribution in [1.29, 1.82) is 5.26 Å². The van der Waals surface area contributed by atoms with Crippen LogP contribution in [0.25, 0.3) is 0 Å². The molecule has 1 aromatic rings. The third-order valence-electron chi connectivity index (χ3n) is 2.19. The standard InChI is InChI=1S/C11H9F3N2O3/c1-18-10(17)8-3-7(19-11(12,13)14)2-6(4-15)9(8)5-16/h2-3H,5,16H2,1H3. The van der Waals surface area contributed by atoms with Crippen LogP contribution in [0.1, 0.15) is 21.5 Å². The van der Waals surface area contributed by atoms with Gasteiger partial charge in [-0.1, -0.05) is 0 Å². The summed E-state index contributed by atoms with van der Waals surface area (Å²) in [6.07, 6.45) is -4.93. The molecule has 0 unspecified atom stereocenters. The average molecular weight is 274 g/mol. The summed E-state index contributed by atoms with van der Waals surface area (Å²) in [5.41, 5.74) is 5.07. The van der Waals surface area contributed by atoms with Gasteiger partial charge < -0.3 is 15.2 Å². The van der Waals surface area contributed by atoms with Gasteiger partial charge in [0.1, 0.15) is 5.75 Å². The normalized spacial score (nSPS) is 10.7. The van der Waals surface area contributed by atoms with Crippen molar-refractivity contribution in [3.8, 4) is 11.8 Å². The zero-order valence-corrected chi connectivity index (χ0v) is 9.75. The van der Waals surface area contributed by atoms with Crippen LogP contribution in [0.15, 0.2) is 12.1 Å². The number of hydrogen-bond donors (Lipinski definition) is 1. The number of nitrogens with zero attached hydrogens (tertiary/aromatic N) is 1. The fraction of sp³-hybridized carbons (Fsp3) is 0.273. The Morgan fingerprint density at radius 1 is 1.47 bits per heavy atom. The second-order valence-corrected chi connectivity index (χ2v) is 3.35. The summed E-state index contributed by atoms with van der Waals surface area (Å²) in [4.78, 5) is 11.5. The molecule has 0 bridgehead atoms. The Labute approximate surface area is 106 Å². The largest absolute Gasteiger partial charge is 0.573 e. The smallest absolute Gasteiger partial charge is 0.465 e. The van der Waals surface area contributed by atoms with Crippen molar-refractivity contribution in [2.24, 2.45) is 5.73 Å². The molecule has 0 spiro atoms. The van der Waals surface area contributed by atoms with E-state index in [9.17, 15) is 18.0 Å².